The van der Waals surface area contributed by atoms with E-state index in [1.165, 1.54) is 24.8 Å². The fraction of sp³-hybridized carbons (Fsp3) is 0.708. The van der Waals surface area contributed by atoms with Crippen molar-refractivity contribution in [3.63, 3.8) is 0 Å². The maximum atomic E-state index is 13.9. The monoisotopic (exact) mass is 384 g/mol. The summed E-state index contributed by atoms with van der Waals surface area (Å²) in [5.41, 5.74) is 1.08. The van der Waals surface area contributed by atoms with Gasteiger partial charge in [0, 0.05) is 13.1 Å². The summed E-state index contributed by atoms with van der Waals surface area (Å²) in [7, 11) is 1.72. The molecule has 2 bridgehead atoms. The van der Waals surface area contributed by atoms with Crippen LogP contribution in [0.2, 0.25) is 0 Å². The molecule has 1 aromatic rings. The van der Waals surface area contributed by atoms with Crippen molar-refractivity contribution < 1.29 is 9.53 Å². The van der Waals surface area contributed by atoms with Crippen molar-refractivity contribution in [1.82, 2.24) is 10.2 Å². The van der Waals surface area contributed by atoms with Crippen molar-refractivity contribution in [2.45, 2.75) is 51.9 Å². The van der Waals surface area contributed by atoms with E-state index in [1.54, 1.807) is 7.11 Å². The first kappa shape index (κ1) is 19.8. The number of piperidine rings is 1. The first-order chi connectivity index (χ1) is 13.6. The molecule has 3 unspecified atom stereocenters. The average molecular weight is 385 g/mol. The Morgan fingerprint density at radius 1 is 1.25 bits per heavy atom. The van der Waals surface area contributed by atoms with Crippen molar-refractivity contribution in [2.75, 3.05) is 33.3 Å². The maximum absolute atomic E-state index is 13.9. The first-order valence-electron chi connectivity index (χ1n) is 11.3. The van der Waals surface area contributed by atoms with E-state index >= 15 is 0 Å². The minimum absolute atomic E-state index is 0.177. The van der Waals surface area contributed by atoms with Crippen LogP contribution in [-0.2, 0) is 11.2 Å². The number of ether oxygens (including phenoxy) is 1. The number of benzene rings is 1. The molecule has 1 N–H and O–H groups in total. The van der Waals surface area contributed by atoms with Crippen LogP contribution in [-0.4, -0.2) is 44.1 Å². The van der Waals surface area contributed by atoms with E-state index in [1.807, 2.05) is 6.07 Å². The lowest BCUT2D eigenvalue weighted by Gasteiger charge is -2.43. The Balaban J connectivity index is 1.50. The fourth-order valence-corrected chi connectivity index (χ4v) is 6.15. The number of carbonyl (C=O) groups excluding carboxylic acids is 1. The Kier molecular flexibility index (Phi) is 5.96. The van der Waals surface area contributed by atoms with Crippen molar-refractivity contribution in [3.8, 4) is 5.75 Å². The highest BCUT2D eigenvalue weighted by Crippen LogP contribution is 2.58. The molecular weight excluding hydrogens is 348 g/mol. The molecule has 1 aliphatic heterocycles. The lowest BCUT2D eigenvalue weighted by molar-refractivity contribution is -0.147. The van der Waals surface area contributed by atoms with E-state index in [4.69, 9.17) is 4.74 Å². The van der Waals surface area contributed by atoms with Gasteiger partial charge < -0.3 is 15.0 Å². The SMILES string of the molecule is CCNCC1CCN(C(=O)C2(Cc3cccc(OC)c3)CC3CCC2C3)CC1. The van der Waals surface area contributed by atoms with E-state index in [9.17, 15) is 4.79 Å². The Labute approximate surface area is 170 Å². The molecule has 0 radical (unpaired) electrons. The number of hydrogen-bond donors (Lipinski definition) is 1. The van der Waals surface area contributed by atoms with Gasteiger partial charge in [-0.1, -0.05) is 25.5 Å². The number of rotatable bonds is 7. The number of likely N-dealkylation sites (tertiary alicyclic amines) is 1. The summed E-state index contributed by atoms with van der Waals surface area (Å²) < 4.78 is 5.43. The molecule has 1 amide bonds. The van der Waals surface area contributed by atoms with Gasteiger partial charge in [-0.3, -0.25) is 4.79 Å². The van der Waals surface area contributed by atoms with Gasteiger partial charge in [-0.2, -0.15) is 0 Å². The van der Waals surface area contributed by atoms with Gasteiger partial charge in [0.15, 0.2) is 0 Å². The standard InChI is InChI=1S/C24H36N2O2/c1-3-25-17-18-9-11-26(12-10-18)23(27)24(16-20-7-8-21(24)13-20)15-19-5-4-6-22(14-19)28-2/h4-6,14,18,20-21,25H,3,7-13,15-17H2,1-2H3. The van der Waals surface area contributed by atoms with Crippen LogP contribution < -0.4 is 10.1 Å². The molecule has 1 saturated heterocycles. The topological polar surface area (TPSA) is 41.6 Å². The minimum atomic E-state index is -0.177. The molecule has 1 aromatic carbocycles. The molecule has 3 fully saturated rings. The van der Waals surface area contributed by atoms with Crippen LogP contribution in [0, 0.1) is 23.2 Å². The smallest absolute Gasteiger partial charge is 0.229 e. The quantitative estimate of drug-likeness (QED) is 0.775. The number of hydrogen-bond acceptors (Lipinski definition) is 3. The summed E-state index contributed by atoms with van der Waals surface area (Å²) >= 11 is 0. The second kappa shape index (κ2) is 8.44. The number of fused-ring (bicyclic) bond motifs is 2. The maximum Gasteiger partial charge on any atom is 0.229 e. The molecule has 0 spiro atoms. The van der Waals surface area contributed by atoms with Crippen LogP contribution in [0.5, 0.6) is 5.75 Å². The molecule has 3 aliphatic rings. The summed E-state index contributed by atoms with van der Waals surface area (Å²) in [6.07, 6.45) is 8.06. The van der Waals surface area contributed by atoms with Gasteiger partial charge in [0.2, 0.25) is 5.91 Å². The molecule has 0 aromatic heterocycles. The van der Waals surface area contributed by atoms with Crippen LogP contribution in [0.15, 0.2) is 24.3 Å². The van der Waals surface area contributed by atoms with Gasteiger partial charge >= 0.3 is 0 Å². The van der Waals surface area contributed by atoms with Gasteiger partial charge in [-0.15, -0.1) is 0 Å². The third-order valence-electron chi connectivity index (χ3n) is 7.64. The number of nitrogens with zero attached hydrogens (tertiary/aromatic N) is 1. The Morgan fingerprint density at radius 2 is 2.07 bits per heavy atom. The highest BCUT2D eigenvalue weighted by Gasteiger charge is 2.56. The molecule has 4 heteroatoms. The van der Waals surface area contributed by atoms with Crippen LogP contribution >= 0.6 is 0 Å². The second-order valence-electron chi connectivity index (χ2n) is 9.31. The van der Waals surface area contributed by atoms with Crippen molar-refractivity contribution in [2.24, 2.45) is 23.2 Å². The Morgan fingerprint density at radius 3 is 2.71 bits per heavy atom. The van der Waals surface area contributed by atoms with Crippen molar-refractivity contribution >= 4 is 5.91 Å². The molecule has 154 valence electrons. The predicted octanol–water partition coefficient (Wildman–Crippen LogP) is 3.89. The molecule has 2 aliphatic carbocycles. The van der Waals surface area contributed by atoms with Crippen LogP contribution in [0.1, 0.15) is 51.0 Å². The summed E-state index contributed by atoms with van der Waals surface area (Å²) in [5, 5.41) is 3.47. The lowest BCUT2D eigenvalue weighted by Crippen LogP contribution is -2.51. The van der Waals surface area contributed by atoms with Crippen LogP contribution in [0.25, 0.3) is 0 Å². The molecule has 4 nitrogen and oxygen atoms in total. The van der Waals surface area contributed by atoms with E-state index < -0.39 is 0 Å². The van der Waals surface area contributed by atoms with Gasteiger partial charge in [0.25, 0.3) is 0 Å². The second-order valence-corrected chi connectivity index (χ2v) is 9.31. The highest BCUT2D eigenvalue weighted by atomic mass is 16.5. The number of carbonyl (C=O) groups is 1. The van der Waals surface area contributed by atoms with Gasteiger partial charge in [0.05, 0.1) is 12.5 Å². The third kappa shape index (κ3) is 3.80. The molecule has 3 atom stereocenters. The zero-order valence-electron chi connectivity index (χ0n) is 17.6. The van der Waals surface area contributed by atoms with E-state index in [0.717, 1.165) is 69.4 Å². The number of nitrogens with one attached hydrogen (secondary N) is 1. The largest absolute Gasteiger partial charge is 0.497 e. The summed E-state index contributed by atoms with van der Waals surface area (Å²) in [4.78, 5) is 16.1. The molecule has 1 heterocycles. The molecule has 4 rings (SSSR count). The van der Waals surface area contributed by atoms with Crippen LogP contribution in [0.3, 0.4) is 0 Å². The van der Waals surface area contributed by atoms with Gasteiger partial charge in [-0.05, 0) is 87.1 Å². The first-order valence-corrected chi connectivity index (χ1v) is 11.3. The lowest BCUT2D eigenvalue weighted by atomic mass is 9.68. The Bertz CT molecular complexity index is 683. The molecular formula is C24H36N2O2. The predicted molar refractivity (Wildman–Crippen MR) is 112 cm³/mol. The molecule has 28 heavy (non-hydrogen) atoms. The zero-order valence-corrected chi connectivity index (χ0v) is 17.6. The summed E-state index contributed by atoms with van der Waals surface area (Å²) in [5.74, 6) is 3.39. The van der Waals surface area contributed by atoms with Gasteiger partial charge in [-0.25, -0.2) is 0 Å². The average Bonchev–Trinajstić information content (AvgIpc) is 3.34. The third-order valence-corrected chi connectivity index (χ3v) is 7.64. The molecule has 2 saturated carbocycles. The summed E-state index contributed by atoms with van der Waals surface area (Å²) in [6.45, 7) is 6.17. The number of methoxy groups -OCH3 is 1. The highest BCUT2D eigenvalue weighted by molar-refractivity contribution is 5.84. The number of amides is 1. The van der Waals surface area contributed by atoms with E-state index in [2.05, 4.69) is 35.3 Å². The normalized spacial score (nSPS) is 30.0. The van der Waals surface area contributed by atoms with Gasteiger partial charge in [0.1, 0.15) is 5.75 Å². The minimum Gasteiger partial charge on any atom is -0.497 e. The van der Waals surface area contributed by atoms with E-state index in [-0.39, 0.29) is 5.41 Å². The Hall–Kier alpha value is -1.55. The summed E-state index contributed by atoms with van der Waals surface area (Å²) in [6, 6.07) is 8.36. The van der Waals surface area contributed by atoms with Crippen LogP contribution in [0.4, 0.5) is 0 Å². The zero-order chi connectivity index (χ0) is 19.6. The van der Waals surface area contributed by atoms with Crippen molar-refractivity contribution in [3.05, 3.63) is 29.8 Å². The van der Waals surface area contributed by atoms with Crippen molar-refractivity contribution in [1.29, 1.82) is 0 Å². The fourth-order valence-electron chi connectivity index (χ4n) is 6.15. The van der Waals surface area contributed by atoms with E-state index in [0.29, 0.717) is 11.8 Å².